The summed E-state index contributed by atoms with van der Waals surface area (Å²) in [7, 11) is 0. The highest BCUT2D eigenvalue weighted by atomic mass is 15.2. The summed E-state index contributed by atoms with van der Waals surface area (Å²) in [4.78, 5) is 2.42. The zero-order chi connectivity index (χ0) is 12.1. The topological polar surface area (TPSA) is 29.3 Å². The molecule has 0 amide bonds. The van der Waals surface area contributed by atoms with Crippen LogP contribution in [0.3, 0.4) is 0 Å². The van der Waals surface area contributed by atoms with Gasteiger partial charge in [0, 0.05) is 12.1 Å². The monoisotopic (exact) mass is 220 g/mol. The highest BCUT2D eigenvalue weighted by molar-refractivity contribution is 5.26. The van der Waals surface area contributed by atoms with Crippen molar-refractivity contribution in [2.24, 2.45) is 5.73 Å². The van der Waals surface area contributed by atoms with Gasteiger partial charge in [-0.2, -0.15) is 0 Å². The second kappa shape index (κ2) is 6.02. The number of hydrogen-bond donors (Lipinski definition) is 1. The first-order valence-electron chi connectivity index (χ1n) is 6.16. The summed E-state index contributed by atoms with van der Waals surface area (Å²) in [6, 6.07) is 9.15. The Balaban J connectivity index is 3.02. The molecule has 0 aliphatic carbocycles. The summed E-state index contributed by atoms with van der Waals surface area (Å²) in [5.74, 6) is 0. The van der Waals surface area contributed by atoms with Gasteiger partial charge in [0.25, 0.3) is 0 Å². The molecule has 0 bridgehead atoms. The van der Waals surface area contributed by atoms with Gasteiger partial charge in [-0.05, 0) is 32.5 Å². The van der Waals surface area contributed by atoms with Gasteiger partial charge in [0.2, 0.25) is 0 Å². The second-order valence-corrected chi connectivity index (χ2v) is 4.44. The fourth-order valence-corrected chi connectivity index (χ4v) is 2.32. The number of hydrogen-bond acceptors (Lipinski definition) is 2. The first kappa shape index (κ1) is 13.2. The van der Waals surface area contributed by atoms with E-state index in [0.29, 0.717) is 6.04 Å². The number of likely N-dealkylation sites (N-methyl/N-ethyl adjacent to an activating group) is 1. The maximum absolute atomic E-state index is 6.13. The van der Waals surface area contributed by atoms with Crippen molar-refractivity contribution in [2.45, 2.75) is 39.8 Å². The average Bonchev–Trinajstić information content (AvgIpc) is 2.24. The van der Waals surface area contributed by atoms with Crippen molar-refractivity contribution >= 4 is 0 Å². The minimum atomic E-state index is 0.154. The molecule has 2 unspecified atom stereocenters. The number of benzene rings is 1. The van der Waals surface area contributed by atoms with Crippen LogP contribution in [0.25, 0.3) is 0 Å². The maximum atomic E-state index is 6.13. The fraction of sp³-hybridized carbons (Fsp3) is 0.571. The van der Waals surface area contributed by atoms with Gasteiger partial charge in [0.15, 0.2) is 0 Å². The third-order valence-electron chi connectivity index (χ3n) is 3.09. The van der Waals surface area contributed by atoms with Gasteiger partial charge < -0.3 is 5.73 Å². The minimum Gasteiger partial charge on any atom is -0.326 e. The Labute approximate surface area is 99.5 Å². The molecule has 2 atom stereocenters. The van der Waals surface area contributed by atoms with E-state index in [1.54, 1.807) is 0 Å². The Morgan fingerprint density at radius 2 is 1.88 bits per heavy atom. The van der Waals surface area contributed by atoms with E-state index in [-0.39, 0.29) is 6.04 Å². The first-order chi connectivity index (χ1) is 7.60. The minimum absolute atomic E-state index is 0.154. The predicted molar refractivity (Wildman–Crippen MR) is 70.5 cm³/mol. The van der Waals surface area contributed by atoms with Gasteiger partial charge in [0.05, 0.1) is 0 Å². The lowest BCUT2D eigenvalue weighted by Gasteiger charge is -2.33. The molecule has 16 heavy (non-hydrogen) atoms. The Morgan fingerprint density at radius 1 is 1.25 bits per heavy atom. The second-order valence-electron chi connectivity index (χ2n) is 4.44. The van der Waals surface area contributed by atoms with Crippen molar-refractivity contribution in [3.05, 3.63) is 35.4 Å². The van der Waals surface area contributed by atoms with Gasteiger partial charge in [-0.1, -0.05) is 43.7 Å². The normalized spacial score (nSPS) is 15.1. The van der Waals surface area contributed by atoms with E-state index in [2.05, 4.69) is 56.9 Å². The zero-order valence-corrected chi connectivity index (χ0v) is 10.9. The first-order valence-corrected chi connectivity index (χ1v) is 6.16. The summed E-state index contributed by atoms with van der Waals surface area (Å²) >= 11 is 0. The molecule has 1 aromatic rings. The Bertz CT molecular complexity index is 316. The molecule has 0 spiro atoms. The van der Waals surface area contributed by atoms with Gasteiger partial charge in [-0.15, -0.1) is 0 Å². The van der Waals surface area contributed by atoms with E-state index in [0.717, 1.165) is 13.1 Å². The molecule has 0 aliphatic rings. The van der Waals surface area contributed by atoms with Crippen LogP contribution in [0, 0.1) is 6.92 Å². The van der Waals surface area contributed by atoms with Crippen LogP contribution in [0.4, 0.5) is 0 Å². The molecular weight excluding hydrogens is 196 g/mol. The molecule has 90 valence electrons. The molecule has 1 rings (SSSR count). The highest BCUT2D eigenvalue weighted by Crippen LogP contribution is 2.23. The van der Waals surface area contributed by atoms with Crippen LogP contribution in [0.15, 0.2) is 24.3 Å². The largest absolute Gasteiger partial charge is 0.326 e. The molecular formula is C14H24N2. The van der Waals surface area contributed by atoms with E-state index in [1.807, 2.05) is 0 Å². The van der Waals surface area contributed by atoms with Crippen molar-refractivity contribution < 1.29 is 0 Å². The molecule has 0 saturated heterocycles. The van der Waals surface area contributed by atoms with E-state index in [1.165, 1.54) is 11.1 Å². The molecule has 0 saturated carbocycles. The number of nitrogens with two attached hydrogens (primary N) is 1. The lowest BCUT2D eigenvalue weighted by Crippen LogP contribution is -2.39. The smallest absolute Gasteiger partial charge is 0.0496 e. The fourth-order valence-electron chi connectivity index (χ4n) is 2.32. The average molecular weight is 220 g/mol. The molecule has 0 aliphatic heterocycles. The van der Waals surface area contributed by atoms with Crippen molar-refractivity contribution in [1.82, 2.24) is 4.90 Å². The SMILES string of the molecule is CCN(CC)C(c1cccc(C)c1)C(C)N. The number of rotatable bonds is 5. The molecule has 2 heteroatoms. The molecule has 1 aromatic carbocycles. The van der Waals surface area contributed by atoms with Crippen molar-refractivity contribution in [2.75, 3.05) is 13.1 Å². The van der Waals surface area contributed by atoms with Crippen molar-refractivity contribution in [3.63, 3.8) is 0 Å². The van der Waals surface area contributed by atoms with Crippen LogP contribution in [0.2, 0.25) is 0 Å². The molecule has 0 heterocycles. The van der Waals surface area contributed by atoms with Crippen LogP contribution in [0.1, 0.15) is 37.9 Å². The lowest BCUT2D eigenvalue weighted by atomic mass is 9.97. The van der Waals surface area contributed by atoms with E-state index in [9.17, 15) is 0 Å². The zero-order valence-electron chi connectivity index (χ0n) is 10.9. The van der Waals surface area contributed by atoms with Gasteiger partial charge in [-0.25, -0.2) is 0 Å². The van der Waals surface area contributed by atoms with Crippen LogP contribution in [-0.4, -0.2) is 24.0 Å². The lowest BCUT2D eigenvalue weighted by molar-refractivity contribution is 0.195. The Hall–Kier alpha value is -0.860. The van der Waals surface area contributed by atoms with Crippen LogP contribution < -0.4 is 5.73 Å². The molecule has 2 nitrogen and oxygen atoms in total. The quantitative estimate of drug-likeness (QED) is 0.826. The Morgan fingerprint density at radius 3 is 2.31 bits per heavy atom. The summed E-state index contributed by atoms with van der Waals surface area (Å²) in [6.07, 6.45) is 0. The van der Waals surface area contributed by atoms with Crippen LogP contribution in [-0.2, 0) is 0 Å². The van der Waals surface area contributed by atoms with Crippen molar-refractivity contribution in [1.29, 1.82) is 0 Å². The standard InChI is InChI=1S/C14H24N2/c1-5-16(6-2)14(12(4)15)13-9-7-8-11(3)10-13/h7-10,12,14H,5-6,15H2,1-4H3. The van der Waals surface area contributed by atoms with E-state index >= 15 is 0 Å². The van der Waals surface area contributed by atoms with Gasteiger partial charge in [-0.3, -0.25) is 4.90 Å². The molecule has 2 N–H and O–H groups in total. The number of aryl methyl sites for hydroxylation is 1. The predicted octanol–water partition coefficient (Wildman–Crippen LogP) is 2.73. The highest BCUT2D eigenvalue weighted by Gasteiger charge is 2.21. The van der Waals surface area contributed by atoms with E-state index < -0.39 is 0 Å². The van der Waals surface area contributed by atoms with Crippen LogP contribution in [0.5, 0.6) is 0 Å². The Kier molecular flexibility index (Phi) is 4.97. The summed E-state index contributed by atoms with van der Waals surface area (Å²) in [5.41, 5.74) is 8.76. The van der Waals surface area contributed by atoms with Gasteiger partial charge in [0.1, 0.15) is 0 Å². The molecule has 0 fully saturated rings. The number of nitrogens with zero attached hydrogens (tertiary/aromatic N) is 1. The van der Waals surface area contributed by atoms with Crippen LogP contribution >= 0.6 is 0 Å². The van der Waals surface area contributed by atoms with Gasteiger partial charge >= 0.3 is 0 Å². The van der Waals surface area contributed by atoms with E-state index in [4.69, 9.17) is 5.73 Å². The third kappa shape index (κ3) is 3.06. The summed E-state index contributed by atoms with van der Waals surface area (Å²) in [5, 5.41) is 0. The molecule has 0 radical (unpaired) electrons. The summed E-state index contributed by atoms with van der Waals surface area (Å²) < 4.78 is 0. The molecule has 0 aromatic heterocycles. The third-order valence-corrected chi connectivity index (χ3v) is 3.09. The summed E-state index contributed by atoms with van der Waals surface area (Å²) in [6.45, 7) is 10.7. The maximum Gasteiger partial charge on any atom is 0.0496 e. The van der Waals surface area contributed by atoms with Crippen molar-refractivity contribution in [3.8, 4) is 0 Å².